The second kappa shape index (κ2) is 8.69. The Morgan fingerprint density at radius 1 is 1.05 bits per heavy atom. The minimum Gasteiger partial charge on any atom is -0.478 e. The zero-order valence-electron chi connectivity index (χ0n) is 21.6. The largest absolute Gasteiger partial charge is 0.478 e. The number of hydrogen-bond acceptors (Lipinski definition) is 3. The molecular weight excluding hydrogens is 573 g/mol. The number of alkyl halides is 3. The first-order valence-corrected chi connectivity index (χ1v) is 14.2. The van der Waals surface area contributed by atoms with Crippen LogP contribution in [0.1, 0.15) is 34.0 Å². The number of rotatable bonds is 3. The molecule has 1 atom stereocenters. The fourth-order valence-corrected chi connectivity index (χ4v) is 7.64. The third-order valence-corrected chi connectivity index (χ3v) is 9.82. The molecule has 41 heavy (non-hydrogen) atoms. The number of halogens is 6. The van der Waals surface area contributed by atoms with Crippen molar-refractivity contribution in [3.63, 3.8) is 0 Å². The van der Waals surface area contributed by atoms with Crippen molar-refractivity contribution >= 4 is 35.6 Å². The predicted octanol–water partition coefficient (Wildman–Crippen LogP) is 4.93. The number of anilines is 1. The number of benzene rings is 2. The van der Waals surface area contributed by atoms with Crippen molar-refractivity contribution in [1.29, 1.82) is 0 Å². The minimum atomic E-state index is -4.58. The first kappa shape index (κ1) is 27.5. The van der Waals surface area contributed by atoms with E-state index in [1.54, 1.807) is 4.58 Å². The number of aromatic carboxylic acids is 1. The molecule has 2 saturated heterocycles. The van der Waals surface area contributed by atoms with Gasteiger partial charge in [-0.05, 0) is 43.2 Å². The lowest BCUT2D eigenvalue weighted by atomic mass is 9.85. The van der Waals surface area contributed by atoms with Crippen molar-refractivity contribution in [2.75, 3.05) is 31.1 Å². The third kappa shape index (κ3) is 4.10. The molecule has 0 aromatic heterocycles. The number of carbonyl (C=O) groups is 1. The Bertz CT molecular complexity index is 1760. The van der Waals surface area contributed by atoms with Gasteiger partial charge in [-0.2, -0.15) is 0 Å². The molecule has 0 bridgehead atoms. The second-order valence-electron chi connectivity index (χ2n) is 11.0. The van der Waals surface area contributed by atoms with Crippen LogP contribution < -0.4 is 10.2 Å². The molecular formula is C28H22F6N2O4P+. The average Bonchev–Trinajstić information content (AvgIpc) is 2.87. The molecule has 3 heterocycles. The zero-order chi connectivity index (χ0) is 29.8. The predicted molar refractivity (Wildman–Crippen MR) is 139 cm³/mol. The highest BCUT2D eigenvalue weighted by Gasteiger charge is 2.49. The van der Waals surface area contributed by atoms with Crippen LogP contribution >= 0.6 is 7.37 Å². The Labute approximate surface area is 229 Å². The SMILES string of the molecule is Cc1c(F)c(F)c(C(=O)O)c(C2=C3C=CC(=[N+]4CC(C)(F)C4)C=C3P(=O)(O)c3cc(N4CC(F)(F)C4)ccc32)c1F. The van der Waals surface area contributed by atoms with Gasteiger partial charge in [0.25, 0.3) is 13.3 Å². The van der Waals surface area contributed by atoms with E-state index < -0.39 is 72.2 Å². The van der Waals surface area contributed by atoms with E-state index in [1.807, 2.05) is 0 Å². The number of carboxylic acid groups (broad SMARTS) is 1. The molecule has 1 aliphatic carbocycles. The smallest absolute Gasteiger partial charge is 0.339 e. The lowest BCUT2D eigenvalue weighted by Crippen LogP contribution is -2.56. The molecule has 2 N–H and O–H groups in total. The molecule has 2 aromatic rings. The zero-order valence-corrected chi connectivity index (χ0v) is 22.5. The van der Waals surface area contributed by atoms with Gasteiger partial charge in [0.1, 0.15) is 11.4 Å². The van der Waals surface area contributed by atoms with E-state index in [1.165, 1.54) is 48.3 Å². The van der Waals surface area contributed by atoms with Crippen molar-refractivity contribution in [3.05, 3.63) is 87.0 Å². The van der Waals surface area contributed by atoms with E-state index in [4.69, 9.17) is 0 Å². The van der Waals surface area contributed by atoms with Gasteiger partial charge in [-0.3, -0.25) is 4.57 Å². The summed E-state index contributed by atoms with van der Waals surface area (Å²) in [5, 5.41) is 9.23. The summed E-state index contributed by atoms with van der Waals surface area (Å²) in [7, 11) is -4.58. The molecule has 0 spiro atoms. The van der Waals surface area contributed by atoms with Crippen molar-refractivity contribution in [2.45, 2.75) is 25.4 Å². The summed E-state index contributed by atoms with van der Waals surface area (Å²) < 4.78 is 102. The number of carboxylic acids is 1. The van der Waals surface area contributed by atoms with Crippen molar-refractivity contribution in [1.82, 2.24) is 0 Å². The van der Waals surface area contributed by atoms with Crippen LogP contribution in [0.2, 0.25) is 0 Å². The minimum absolute atomic E-state index is 0.0118. The standard InChI is InChI=1S/C28H21F6N2O4P/c1-13-23(29)21(22(26(37)38)25(31)24(13)30)20-16-5-3-14(35-9-27(2,32)10-35)7-18(16)41(39,40)19-8-15(4-6-17(19)20)36-11-28(33,34)12-36/h3-8H,9-12H2,1-2H3,(H-,37,38,39,40)/p+1. The van der Waals surface area contributed by atoms with Crippen LogP contribution in [0.4, 0.5) is 32.0 Å². The Hall–Kier alpha value is -3.63. The van der Waals surface area contributed by atoms with Crippen molar-refractivity contribution in [3.8, 4) is 0 Å². The molecule has 1 unspecified atom stereocenters. The van der Waals surface area contributed by atoms with E-state index in [-0.39, 0.29) is 46.1 Å². The first-order valence-electron chi connectivity index (χ1n) is 12.5. The highest BCUT2D eigenvalue weighted by atomic mass is 31.2. The third-order valence-electron chi connectivity index (χ3n) is 7.77. The maximum atomic E-state index is 15.8. The van der Waals surface area contributed by atoms with Gasteiger partial charge in [0, 0.05) is 34.5 Å². The number of hydrogen-bond donors (Lipinski definition) is 2. The molecule has 6 rings (SSSR count). The van der Waals surface area contributed by atoms with E-state index in [0.717, 1.165) is 6.92 Å². The second-order valence-corrected chi connectivity index (χ2v) is 13.1. The van der Waals surface area contributed by atoms with Gasteiger partial charge in [0.05, 0.1) is 23.7 Å². The fourth-order valence-electron chi connectivity index (χ4n) is 5.74. The number of fused-ring (bicyclic) bond motifs is 2. The molecule has 0 saturated carbocycles. The summed E-state index contributed by atoms with van der Waals surface area (Å²) in [6.07, 6.45) is 4.09. The van der Waals surface area contributed by atoms with Gasteiger partial charge in [0.2, 0.25) is 11.4 Å². The van der Waals surface area contributed by atoms with E-state index in [2.05, 4.69) is 0 Å². The van der Waals surface area contributed by atoms with Crippen molar-refractivity contribution < 1.29 is 50.3 Å². The summed E-state index contributed by atoms with van der Waals surface area (Å²) in [4.78, 5) is 24.9. The van der Waals surface area contributed by atoms with Crippen LogP contribution in [0.15, 0.2) is 47.3 Å². The van der Waals surface area contributed by atoms with Crippen LogP contribution in [0.3, 0.4) is 0 Å². The fraction of sp³-hybridized carbons (Fsp3) is 0.286. The van der Waals surface area contributed by atoms with Crippen LogP contribution in [0.25, 0.3) is 5.57 Å². The van der Waals surface area contributed by atoms with Crippen molar-refractivity contribution in [2.24, 2.45) is 0 Å². The van der Waals surface area contributed by atoms with Crippen LogP contribution in [-0.4, -0.2) is 64.0 Å². The average molecular weight is 595 g/mol. The Morgan fingerprint density at radius 2 is 1.71 bits per heavy atom. The summed E-state index contributed by atoms with van der Waals surface area (Å²) in [6.45, 7) is 1.01. The monoisotopic (exact) mass is 595 g/mol. The summed E-state index contributed by atoms with van der Waals surface area (Å²) in [5.74, 6) is -9.80. The Balaban J connectivity index is 1.66. The Kier molecular flexibility index (Phi) is 5.83. The van der Waals surface area contributed by atoms with Gasteiger partial charge in [-0.15, -0.1) is 0 Å². The summed E-state index contributed by atoms with van der Waals surface area (Å²) in [5.41, 5.74) is -4.42. The molecule has 2 aromatic carbocycles. The lowest BCUT2D eigenvalue weighted by Gasteiger charge is -2.41. The van der Waals surface area contributed by atoms with Crippen LogP contribution in [0.5, 0.6) is 0 Å². The summed E-state index contributed by atoms with van der Waals surface area (Å²) >= 11 is 0. The molecule has 13 heteroatoms. The highest BCUT2D eigenvalue weighted by Crippen LogP contribution is 2.60. The normalized spacial score (nSPS) is 26.3. The van der Waals surface area contributed by atoms with Gasteiger partial charge in [0.15, 0.2) is 24.7 Å². The molecule has 214 valence electrons. The van der Waals surface area contributed by atoms with Crippen LogP contribution in [-0.2, 0) is 4.57 Å². The highest BCUT2D eigenvalue weighted by molar-refractivity contribution is 7.71. The molecule has 6 nitrogen and oxygen atoms in total. The Morgan fingerprint density at radius 3 is 2.29 bits per heavy atom. The number of nitrogens with zero attached hydrogens (tertiary/aromatic N) is 2. The van der Waals surface area contributed by atoms with Gasteiger partial charge < -0.3 is 14.9 Å². The lowest BCUT2D eigenvalue weighted by molar-refractivity contribution is -0.619. The topological polar surface area (TPSA) is 80.8 Å². The molecule has 0 radical (unpaired) electrons. The maximum absolute atomic E-state index is 15.8. The first-order chi connectivity index (χ1) is 19.0. The van der Waals surface area contributed by atoms with Crippen LogP contribution in [0, 0.1) is 24.4 Å². The molecule has 4 aliphatic rings. The number of allylic oxidation sites excluding steroid dienone is 5. The van der Waals surface area contributed by atoms with E-state index in [9.17, 15) is 36.9 Å². The quantitative estimate of drug-likeness (QED) is 0.228. The maximum Gasteiger partial charge on any atom is 0.339 e. The molecule has 0 amide bonds. The molecule has 2 fully saturated rings. The summed E-state index contributed by atoms with van der Waals surface area (Å²) in [6, 6.07) is 3.79. The van der Waals surface area contributed by atoms with Gasteiger partial charge in [-0.25, -0.2) is 35.7 Å². The van der Waals surface area contributed by atoms with E-state index >= 15 is 8.78 Å². The van der Waals surface area contributed by atoms with E-state index in [0.29, 0.717) is 5.71 Å². The molecule has 3 aliphatic heterocycles. The van der Waals surface area contributed by atoms with Gasteiger partial charge >= 0.3 is 5.97 Å². The van der Waals surface area contributed by atoms with Gasteiger partial charge in [-0.1, -0.05) is 6.07 Å².